The molecule has 4 unspecified atom stereocenters. The summed E-state index contributed by atoms with van der Waals surface area (Å²) >= 11 is 0. The average molecular weight is 358 g/mol. The van der Waals surface area contributed by atoms with Crippen molar-refractivity contribution in [2.45, 2.75) is 57.4 Å². The lowest BCUT2D eigenvalue weighted by Crippen LogP contribution is -2.51. The highest BCUT2D eigenvalue weighted by atomic mass is 16.5. The molecule has 0 bridgehead atoms. The molecule has 6 nitrogen and oxygen atoms in total. The Balaban J connectivity index is 1.50. The number of hydrogen-bond donors (Lipinski definition) is 0. The van der Waals surface area contributed by atoms with Crippen LogP contribution in [0.5, 0.6) is 0 Å². The number of ether oxygens (including phenoxy) is 1. The Bertz CT molecular complexity index is 655. The number of rotatable bonds is 4. The zero-order valence-corrected chi connectivity index (χ0v) is 15.3. The molecule has 1 saturated carbocycles. The molecule has 2 heterocycles. The van der Waals surface area contributed by atoms with E-state index < -0.39 is 17.9 Å². The molecule has 0 aromatic rings. The lowest BCUT2D eigenvalue weighted by molar-refractivity contribution is -0.156. The molecule has 26 heavy (non-hydrogen) atoms. The van der Waals surface area contributed by atoms with E-state index in [1.54, 1.807) is 36.3 Å². The van der Waals surface area contributed by atoms with E-state index in [2.05, 4.69) is 6.92 Å². The Kier molecular flexibility index (Phi) is 4.47. The van der Waals surface area contributed by atoms with Gasteiger partial charge in [-0.1, -0.05) is 37.6 Å². The largest absolute Gasteiger partial charge is 0.355 e. The Morgan fingerprint density at radius 1 is 1.04 bits per heavy atom. The SMILES string of the molecule is CCC1C[C@@H]1OC1CCC[C@H](N2C(=O)C3C=CC=CC3C2=O)C(=O)N1C. The lowest BCUT2D eigenvalue weighted by Gasteiger charge is -2.30. The van der Waals surface area contributed by atoms with Crippen LogP contribution in [0.1, 0.15) is 39.0 Å². The molecule has 0 spiro atoms. The maximum atomic E-state index is 13.1. The van der Waals surface area contributed by atoms with Crippen LogP contribution < -0.4 is 0 Å². The molecule has 0 N–H and O–H groups in total. The van der Waals surface area contributed by atoms with Crippen LogP contribution in [0, 0.1) is 17.8 Å². The van der Waals surface area contributed by atoms with Crippen LogP contribution in [0.4, 0.5) is 0 Å². The summed E-state index contributed by atoms with van der Waals surface area (Å²) in [5, 5.41) is 0. The Labute approximate surface area is 153 Å². The third-order valence-electron chi connectivity index (χ3n) is 6.20. The standard InChI is InChI=1S/C20H26N2O4/c1-3-12-11-16(12)26-17-10-6-9-15(20(25)21(17)2)22-18(23)13-7-4-5-8-14(13)19(22)24/h4-5,7-8,12-17H,3,6,9-11H2,1-2H3/t12?,13?,14?,15-,16-,17?/m0/s1. The van der Waals surface area contributed by atoms with Gasteiger partial charge in [-0.05, 0) is 31.6 Å². The fourth-order valence-corrected chi connectivity index (χ4v) is 4.41. The van der Waals surface area contributed by atoms with Gasteiger partial charge in [0, 0.05) is 7.05 Å². The molecule has 3 fully saturated rings. The summed E-state index contributed by atoms with van der Waals surface area (Å²) in [6, 6.07) is -0.706. The number of hydrogen-bond acceptors (Lipinski definition) is 4. The van der Waals surface area contributed by atoms with Crippen LogP contribution in [-0.2, 0) is 19.1 Å². The topological polar surface area (TPSA) is 66.9 Å². The zero-order valence-electron chi connectivity index (χ0n) is 15.3. The van der Waals surface area contributed by atoms with Crippen LogP contribution in [0.2, 0.25) is 0 Å². The van der Waals surface area contributed by atoms with E-state index in [1.807, 2.05) is 0 Å². The van der Waals surface area contributed by atoms with Crippen molar-refractivity contribution < 1.29 is 19.1 Å². The van der Waals surface area contributed by atoms with Gasteiger partial charge in [0.15, 0.2) is 0 Å². The van der Waals surface area contributed by atoms with Gasteiger partial charge in [0.2, 0.25) is 17.7 Å². The minimum Gasteiger partial charge on any atom is -0.355 e. The quantitative estimate of drug-likeness (QED) is 0.720. The molecule has 4 rings (SSSR count). The zero-order chi connectivity index (χ0) is 18.4. The number of imide groups is 1. The van der Waals surface area contributed by atoms with Crippen molar-refractivity contribution >= 4 is 17.7 Å². The van der Waals surface area contributed by atoms with E-state index in [9.17, 15) is 14.4 Å². The molecule has 2 aliphatic carbocycles. The van der Waals surface area contributed by atoms with Crippen LogP contribution in [-0.4, -0.2) is 52.9 Å². The number of fused-ring (bicyclic) bond motifs is 1. The number of carbonyl (C=O) groups excluding carboxylic acids is 3. The van der Waals surface area contributed by atoms with Crippen molar-refractivity contribution in [3.05, 3.63) is 24.3 Å². The maximum absolute atomic E-state index is 13.1. The monoisotopic (exact) mass is 358 g/mol. The van der Waals surface area contributed by atoms with Crippen LogP contribution in [0.25, 0.3) is 0 Å². The van der Waals surface area contributed by atoms with Gasteiger partial charge in [-0.15, -0.1) is 0 Å². The van der Waals surface area contributed by atoms with Crippen molar-refractivity contribution in [3.63, 3.8) is 0 Å². The third-order valence-corrected chi connectivity index (χ3v) is 6.20. The van der Waals surface area contributed by atoms with Gasteiger partial charge in [0.25, 0.3) is 0 Å². The number of carbonyl (C=O) groups is 3. The minimum atomic E-state index is -0.706. The summed E-state index contributed by atoms with van der Waals surface area (Å²) in [6.45, 7) is 2.15. The first kappa shape index (κ1) is 17.5. The first-order valence-electron chi connectivity index (χ1n) is 9.67. The predicted octanol–water partition coefficient (Wildman–Crippen LogP) is 1.87. The average Bonchev–Trinajstić information content (AvgIpc) is 3.38. The van der Waals surface area contributed by atoms with Gasteiger partial charge >= 0.3 is 0 Å². The van der Waals surface area contributed by atoms with E-state index in [0.29, 0.717) is 12.3 Å². The summed E-state index contributed by atoms with van der Waals surface area (Å²) in [6.07, 6.45) is 11.3. The second-order valence-electron chi connectivity index (χ2n) is 7.80. The molecular formula is C20H26N2O4. The molecular weight excluding hydrogens is 332 g/mol. The molecule has 3 amide bonds. The highest BCUT2D eigenvalue weighted by molar-refractivity contribution is 6.10. The molecule has 0 radical (unpaired) electrons. The molecule has 4 aliphatic rings. The van der Waals surface area contributed by atoms with Crippen LogP contribution >= 0.6 is 0 Å². The molecule has 2 saturated heterocycles. The summed E-state index contributed by atoms with van der Waals surface area (Å²) in [7, 11) is 1.73. The number of amides is 3. The second-order valence-corrected chi connectivity index (χ2v) is 7.80. The molecule has 0 aromatic heterocycles. The van der Waals surface area contributed by atoms with E-state index >= 15 is 0 Å². The number of likely N-dealkylation sites (N-methyl/N-ethyl adjacent to an activating group) is 1. The van der Waals surface area contributed by atoms with Gasteiger partial charge in [-0.25, -0.2) is 0 Å². The summed E-state index contributed by atoms with van der Waals surface area (Å²) < 4.78 is 6.12. The van der Waals surface area contributed by atoms with E-state index in [4.69, 9.17) is 4.74 Å². The number of nitrogens with zero attached hydrogens (tertiary/aromatic N) is 2. The van der Waals surface area contributed by atoms with E-state index in [1.165, 1.54) is 4.90 Å². The minimum absolute atomic E-state index is 0.186. The van der Waals surface area contributed by atoms with Crippen molar-refractivity contribution in [2.75, 3.05) is 7.05 Å². The lowest BCUT2D eigenvalue weighted by atomic mass is 9.91. The smallest absolute Gasteiger partial charge is 0.247 e. The normalized spacial score (nSPS) is 39.4. The van der Waals surface area contributed by atoms with Crippen molar-refractivity contribution in [1.29, 1.82) is 0 Å². The number of allylic oxidation sites excluding steroid dienone is 2. The summed E-state index contributed by atoms with van der Waals surface area (Å²) in [4.78, 5) is 41.5. The molecule has 6 atom stereocenters. The van der Waals surface area contributed by atoms with E-state index in [-0.39, 0.29) is 30.1 Å². The Morgan fingerprint density at radius 3 is 2.27 bits per heavy atom. The van der Waals surface area contributed by atoms with Crippen molar-refractivity contribution in [2.24, 2.45) is 17.8 Å². The molecule has 6 heteroatoms. The van der Waals surface area contributed by atoms with Crippen LogP contribution in [0.3, 0.4) is 0 Å². The van der Waals surface area contributed by atoms with Gasteiger partial charge in [0.1, 0.15) is 12.3 Å². The van der Waals surface area contributed by atoms with Crippen LogP contribution in [0.15, 0.2) is 24.3 Å². The first-order chi connectivity index (χ1) is 12.5. The molecule has 0 aromatic carbocycles. The third kappa shape index (κ3) is 2.80. The van der Waals surface area contributed by atoms with Crippen molar-refractivity contribution in [1.82, 2.24) is 9.80 Å². The highest BCUT2D eigenvalue weighted by Crippen LogP contribution is 2.39. The highest BCUT2D eigenvalue weighted by Gasteiger charge is 2.51. The summed E-state index contributed by atoms with van der Waals surface area (Å²) in [5.74, 6) is -1.01. The van der Waals surface area contributed by atoms with Gasteiger partial charge in [-0.2, -0.15) is 0 Å². The maximum Gasteiger partial charge on any atom is 0.247 e. The predicted molar refractivity (Wildman–Crippen MR) is 94.6 cm³/mol. The fraction of sp³-hybridized carbons (Fsp3) is 0.650. The van der Waals surface area contributed by atoms with Gasteiger partial charge < -0.3 is 9.64 Å². The van der Waals surface area contributed by atoms with Crippen molar-refractivity contribution in [3.8, 4) is 0 Å². The van der Waals surface area contributed by atoms with Gasteiger partial charge in [-0.3, -0.25) is 19.3 Å². The first-order valence-corrected chi connectivity index (χ1v) is 9.67. The second kappa shape index (κ2) is 6.65. The molecule has 140 valence electrons. The van der Waals surface area contributed by atoms with E-state index in [0.717, 1.165) is 25.7 Å². The summed E-state index contributed by atoms with van der Waals surface area (Å²) in [5.41, 5.74) is 0. The Hall–Kier alpha value is -1.95. The van der Waals surface area contributed by atoms with Gasteiger partial charge in [0.05, 0.1) is 17.9 Å². The number of likely N-dealkylation sites (tertiary alicyclic amines) is 2. The Morgan fingerprint density at radius 2 is 1.69 bits per heavy atom. The molecule has 2 aliphatic heterocycles. The fourth-order valence-electron chi connectivity index (χ4n) is 4.41.